The van der Waals surface area contributed by atoms with E-state index in [9.17, 15) is 14.9 Å². The zero-order chi connectivity index (χ0) is 15.2. The Kier molecular flexibility index (Phi) is 4.64. The van der Waals surface area contributed by atoms with Gasteiger partial charge in [-0.15, -0.1) is 0 Å². The van der Waals surface area contributed by atoms with Crippen LogP contribution < -0.4 is 16.2 Å². The Bertz CT molecular complexity index is 674. The van der Waals surface area contributed by atoms with Crippen LogP contribution in [-0.2, 0) is 9.63 Å². The standard InChI is InChI=1S/C13H13N3O5/c14-15-21-13(17)7-8-20-12-6-5-11(16(18)19)9-3-1-2-4-10(9)12/h1-6,15H,7-8,14H2. The van der Waals surface area contributed by atoms with Gasteiger partial charge in [-0.25, -0.2) is 5.84 Å². The second-order valence-corrected chi connectivity index (χ2v) is 4.08. The lowest BCUT2D eigenvalue weighted by Gasteiger charge is -2.09. The molecule has 0 fully saturated rings. The van der Waals surface area contributed by atoms with Gasteiger partial charge in [0.25, 0.3) is 5.69 Å². The van der Waals surface area contributed by atoms with Gasteiger partial charge in [-0.1, -0.05) is 23.8 Å². The Morgan fingerprint density at radius 2 is 1.95 bits per heavy atom. The van der Waals surface area contributed by atoms with Crippen LogP contribution in [0.3, 0.4) is 0 Å². The second kappa shape index (κ2) is 6.64. The number of carbonyl (C=O) groups excluding carboxylic acids is 1. The normalized spacial score (nSPS) is 10.3. The number of hydrazine groups is 1. The second-order valence-electron chi connectivity index (χ2n) is 4.08. The molecule has 0 amide bonds. The molecule has 2 aromatic carbocycles. The van der Waals surface area contributed by atoms with Crippen molar-refractivity contribution in [3.05, 3.63) is 46.5 Å². The third-order valence-corrected chi connectivity index (χ3v) is 2.79. The molecule has 8 nitrogen and oxygen atoms in total. The fourth-order valence-electron chi connectivity index (χ4n) is 1.90. The number of hydrogen-bond acceptors (Lipinski definition) is 7. The number of non-ortho nitro benzene ring substituents is 1. The van der Waals surface area contributed by atoms with Gasteiger partial charge in [0.05, 0.1) is 23.3 Å². The van der Waals surface area contributed by atoms with Crippen molar-refractivity contribution < 1.29 is 19.3 Å². The van der Waals surface area contributed by atoms with Crippen molar-refractivity contribution in [3.8, 4) is 5.75 Å². The number of nitro benzene ring substituents is 1. The molecule has 0 aliphatic heterocycles. The predicted molar refractivity (Wildman–Crippen MR) is 74.1 cm³/mol. The minimum atomic E-state index is -0.566. The van der Waals surface area contributed by atoms with E-state index in [4.69, 9.17) is 10.6 Å². The number of rotatable bonds is 6. The highest BCUT2D eigenvalue weighted by molar-refractivity contribution is 5.95. The van der Waals surface area contributed by atoms with Crippen LogP contribution in [0.4, 0.5) is 5.69 Å². The number of nitrogens with one attached hydrogen (secondary N) is 1. The van der Waals surface area contributed by atoms with Gasteiger partial charge in [0.1, 0.15) is 5.75 Å². The summed E-state index contributed by atoms with van der Waals surface area (Å²) in [5.74, 6) is 4.73. The maximum absolute atomic E-state index is 11.1. The van der Waals surface area contributed by atoms with Gasteiger partial charge in [-0.05, 0) is 12.1 Å². The smallest absolute Gasteiger partial charge is 0.329 e. The summed E-state index contributed by atoms with van der Waals surface area (Å²) in [4.78, 5) is 26.0. The quantitative estimate of drug-likeness (QED) is 0.469. The van der Waals surface area contributed by atoms with E-state index in [1.807, 2.05) is 0 Å². The van der Waals surface area contributed by atoms with Gasteiger partial charge in [0, 0.05) is 11.5 Å². The molecule has 0 saturated heterocycles. The molecular weight excluding hydrogens is 278 g/mol. The number of ether oxygens (including phenoxy) is 1. The maximum Gasteiger partial charge on any atom is 0.329 e. The highest BCUT2D eigenvalue weighted by atomic mass is 16.7. The lowest BCUT2D eigenvalue weighted by atomic mass is 10.1. The molecule has 0 atom stereocenters. The van der Waals surface area contributed by atoms with E-state index in [0.717, 1.165) is 0 Å². The summed E-state index contributed by atoms with van der Waals surface area (Å²) < 4.78 is 5.48. The maximum atomic E-state index is 11.1. The largest absolute Gasteiger partial charge is 0.492 e. The molecule has 0 heterocycles. The van der Waals surface area contributed by atoms with Crippen LogP contribution in [0, 0.1) is 10.1 Å². The number of benzene rings is 2. The van der Waals surface area contributed by atoms with Crippen LogP contribution in [0.15, 0.2) is 36.4 Å². The number of nitrogens with two attached hydrogens (primary N) is 1. The molecule has 0 spiro atoms. The third-order valence-electron chi connectivity index (χ3n) is 2.79. The molecule has 8 heteroatoms. The molecule has 110 valence electrons. The van der Waals surface area contributed by atoms with Crippen molar-refractivity contribution in [2.24, 2.45) is 5.84 Å². The van der Waals surface area contributed by atoms with E-state index >= 15 is 0 Å². The first kappa shape index (κ1) is 14.7. The lowest BCUT2D eigenvalue weighted by Crippen LogP contribution is -2.26. The van der Waals surface area contributed by atoms with Crippen molar-refractivity contribution >= 4 is 22.4 Å². The number of hydrogen-bond donors (Lipinski definition) is 2. The topological polar surface area (TPSA) is 117 Å². The fourth-order valence-corrected chi connectivity index (χ4v) is 1.90. The van der Waals surface area contributed by atoms with Crippen LogP contribution in [0.2, 0.25) is 0 Å². The van der Waals surface area contributed by atoms with Crippen molar-refractivity contribution in [1.82, 2.24) is 5.59 Å². The molecular formula is C13H13N3O5. The first-order chi connectivity index (χ1) is 10.1. The summed E-state index contributed by atoms with van der Waals surface area (Å²) in [5.41, 5.74) is 1.79. The van der Waals surface area contributed by atoms with Gasteiger partial charge in [-0.2, -0.15) is 0 Å². The first-order valence-electron chi connectivity index (χ1n) is 6.07. The van der Waals surface area contributed by atoms with Gasteiger partial charge < -0.3 is 9.57 Å². The summed E-state index contributed by atoms with van der Waals surface area (Å²) >= 11 is 0. The summed E-state index contributed by atoms with van der Waals surface area (Å²) in [7, 11) is 0. The van der Waals surface area contributed by atoms with Crippen LogP contribution in [0.1, 0.15) is 6.42 Å². The minimum absolute atomic E-state index is 0.00434. The molecule has 0 unspecified atom stereocenters. The predicted octanol–water partition coefficient (Wildman–Crippen LogP) is 1.44. The Morgan fingerprint density at radius 1 is 1.24 bits per heavy atom. The molecule has 0 bridgehead atoms. The molecule has 0 aliphatic carbocycles. The van der Waals surface area contributed by atoms with E-state index < -0.39 is 10.9 Å². The number of fused-ring (bicyclic) bond motifs is 1. The van der Waals surface area contributed by atoms with E-state index in [0.29, 0.717) is 16.5 Å². The number of nitrogens with zero attached hydrogens (tertiary/aromatic N) is 1. The lowest BCUT2D eigenvalue weighted by molar-refractivity contribution is -0.383. The zero-order valence-corrected chi connectivity index (χ0v) is 10.9. The fraction of sp³-hybridized carbons (Fsp3) is 0.154. The van der Waals surface area contributed by atoms with Crippen molar-refractivity contribution in [2.45, 2.75) is 6.42 Å². The Balaban J connectivity index is 2.20. The highest BCUT2D eigenvalue weighted by Gasteiger charge is 2.14. The van der Waals surface area contributed by atoms with Gasteiger partial charge >= 0.3 is 5.97 Å². The van der Waals surface area contributed by atoms with Crippen LogP contribution >= 0.6 is 0 Å². The first-order valence-corrected chi connectivity index (χ1v) is 6.07. The molecule has 2 rings (SSSR count). The van der Waals surface area contributed by atoms with Gasteiger partial charge in [0.15, 0.2) is 0 Å². The van der Waals surface area contributed by atoms with Crippen LogP contribution in [0.5, 0.6) is 5.75 Å². The summed E-state index contributed by atoms with van der Waals surface area (Å²) in [6, 6.07) is 9.71. The SMILES string of the molecule is NNOC(=O)CCOc1ccc([N+](=O)[O-])c2ccccc12. The van der Waals surface area contributed by atoms with Gasteiger partial charge in [0.2, 0.25) is 0 Å². The average molecular weight is 291 g/mol. The summed E-state index contributed by atoms with van der Waals surface area (Å²) in [6.07, 6.45) is -0.00445. The molecule has 0 radical (unpaired) electrons. The zero-order valence-electron chi connectivity index (χ0n) is 10.9. The van der Waals surface area contributed by atoms with E-state index in [2.05, 4.69) is 4.84 Å². The van der Waals surface area contributed by atoms with E-state index in [1.54, 1.807) is 29.9 Å². The number of nitro groups is 1. The minimum Gasteiger partial charge on any atom is -0.492 e. The molecule has 0 aliphatic rings. The third kappa shape index (κ3) is 3.44. The van der Waals surface area contributed by atoms with Crippen LogP contribution in [0.25, 0.3) is 10.8 Å². The molecule has 0 aromatic heterocycles. The van der Waals surface area contributed by atoms with Crippen molar-refractivity contribution in [1.29, 1.82) is 0 Å². The Labute approximate surface area is 119 Å². The monoisotopic (exact) mass is 291 g/mol. The van der Waals surface area contributed by atoms with E-state index in [-0.39, 0.29) is 18.7 Å². The van der Waals surface area contributed by atoms with Crippen molar-refractivity contribution in [2.75, 3.05) is 6.61 Å². The van der Waals surface area contributed by atoms with Crippen molar-refractivity contribution in [3.63, 3.8) is 0 Å². The molecule has 0 saturated carbocycles. The summed E-state index contributed by atoms with van der Waals surface area (Å²) in [6.45, 7) is 0.0717. The van der Waals surface area contributed by atoms with Gasteiger partial charge in [-0.3, -0.25) is 14.9 Å². The number of carbonyl (C=O) groups is 1. The Hall–Kier alpha value is -2.71. The molecule has 3 N–H and O–H groups in total. The van der Waals surface area contributed by atoms with E-state index in [1.165, 1.54) is 12.1 Å². The molecule has 21 heavy (non-hydrogen) atoms. The van der Waals surface area contributed by atoms with Crippen LogP contribution in [-0.4, -0.2) is 17.5 Å². The highest BCUT2D eigenvalue weighted by Crippen LogP contribution is 2.32. The summed E-state index contributed by atoms with van der Waals surface area (Å²) in [5, 5.41) is 12.1. The average Bonchev–Trinajstić information content (AvgIpc) is 2.47. The molecule has 2 aromatic rings. The Morgan fingerprint density at radius 3 is 2.62 bits per heavy atom.